The molecule has 0 aliphatic carbocycles. The summed E-state index contributed by atoms with van der Waals surface area (Å²) < 4.78 is 34.4. The molecule has 0 saturated carbocycles. The molecule has 0 spiro atoms. The van der Waals surface area contributed by atoms with Crippen LogP contribution in [-0.2, 0) is 46.4 Å². The summed E-state index contributed by atoms with van der Waals surface area (Å²) in [4.78, 5) is 13.6. The molecule has 0 N–H and O–H groups in total. The van der Waals surface area contributed by atoms with E-state index in [1.165, 1.54) is 0 Å². The molecule has 0 amide bonds. The summed E-state index contributed by atoms with van der Waals surface area (Å²) in [6.07, 6.45) is 2.58. The molecule has 0 saturated heterocycles. The van der Waals surface area contributed by atoms with Crippen molar-refractivity contribution in [2.45, 2.75) is 52.4 Å². The van der Waals surface area contributed by atoms with Crippen LogP contribution in [0.2, 0.25) is 0 Å². The van der Waals surface area contributed by atoms with Crippen LogP contribution in [0.25, 0.3) is 0 Å². The summed E-state index contributed by atoms with van der Waals surface area (Å²) in [5, 5.41) is 16.7. The standard InChI is InChI=1S/C24H43N5O7/c1-24(2,3)36-23(30)6-11-31-14-15-33-13-10-29-20-22(26-27-29)21-35-19-18-34-17-16-32-12-9-28(4)8-5-7-25/h20H,5-6,8-19,21H2,1-4H3. The van der Waals surface area contributed by atoms with E-state index in [1.54, 1.807) is 4.68 Å². The summed E-state index contributed by atoms with van der Waals surface area (Å²) in [5.74, 6) is -0.267. The van der Waals surface area contributed by atoms with Crippen molar-refractivity contribution in [2.24, 2.45) is 0 Å². The first-order valence-electron chi connectivity index (χ1n) is 12.3. The van der Waals surface area contributed by atoms with Crippen LogP contribution in [0.15, 0.2) is 6.20 Å². The maximum atomic E-state index is 11.6. The molecule has 1 heterocycles. The van der Waals surface area contributed by atoms with Crippen molar-refractivity contribution in [3.8, 4) is 6.07 Å². The van der Waals surface area contributed by atoms with Gasteiger partial charge in [0, 0.05) is 19.5 Å². The van der Waals surface area contributed by atoms with Gasteiger partial charge in [0.2, 0.25) is 0 Å². The Balaban J connectivity index is 1.91. The average molecular weight is 514 g/mol. The Labute approximate surface area is 214 Å². The highest BCUT2D eigenvalue weighted by atomic mass is 16.6. The molecule has 1 aromatic heterocycles. The smallest absolute Gasteiger partial charge is 0.308 e. The van der Waals surface area contributed by atoms with Gasteiger partial charge in [-0.1, -0.05) is 5.21 Å². The van der Waals surface area contributed by atoms with Crippen molar-refractivity contribution < 1.29 is 33.2 Å². The Morgan fingerprint density at radius 1 is 0.944 bits per heavy atom. The van der Waals surface area contributed by atoms with Crippen molar-refractivity contribution in [2.75, 3.05) is 79.6 Å². The summed E-state index contributed by atoms with van der Waals surface area (Å²) in [5.41, 5.74) is 0.264. The first kappa shape index (κ1) is 31.9. The third kappa shape index (κ3) is 19.1. The molecule has 0 aromatic carbocycles. The lowest BCUT2D eigenvalue weighted by molar-refractivity contribution is -0.156. The highest BCUT2D eigenvalue weighted by Gasteiger charge is 2.15. The zero-order valence-corrected chi connectivity index (χ0v) is 22.3. The Morgan fingerprint density at radius 3 is 2.22 bits per heavy atom. The number of hydrogen-bond donors (Lipinski definition) is 0. The van der Waals surface area contributed by atoms with E-state index in [-0.39, 0.29) is 12.4 Å². The van der Waals surface area contributed by atoms with Crippen LogP contribution in [0.4, 0.5) is 0 Å². The third-order valence-corrected chi connectivity index (χ3v) is 4.51. The monoisotopic (exact) mass is 513 g/mol. The zero-order chi connectivity index (χ0) is 26.5. The van der Waals surface area contributed by atoms with Gasteiger partial charge in [-0.25, -0.2) is 4.68 Å². The van der Waals surface area contributed by atoms with Crippen LogP contribution in [0, 0.1) is 11.3 Å². The number of esters is 1. The molecule has 36 heavy (non-hydrogen) atoms. The summed E-state index contributed by atoms with van der Waals surface area (Å²) in [6.45, 7) is 12.2. The van der Waals surface area contributed by atoms with E-state index in [0.717, 1.165) is 18.8 Å². The molecule has 0 bridgehead atoms. The number of rotatable bonds is 22. The van der Waals surface area contributed by atoms with Crippen molar-refractivity contribution in [3.63, 3.8) is 0 Å². The molecule has 1 rings (SSSR count). The lowest BCUT2D eigenvalue weighted by Crippen LogP contribution is -2.24. The lowest BCUT2D eigenvalue weighted by Gasteiger charge is -2.19. The second-order valence-electron chi connectivity index (χ2n) is 9.02. The van der Waals surface area contributed by atoms with E-state index >= 15 is 0 Å². The number of likely N-dealkylation sites (N-methyl/N-ethyl adjacent to an activating group) is 1. The van der Waals surface area contributed by atoms with Gasteiger partial charge in [0.1, 0.15) is 11.3 Å². The molecule has 0 fully saturated rings. The Bertz CT molecular complexity index is 733. The van der Waals surface area contributed by atoms with Gasteiger partial charge in [-0.15, -0.1) is 5.10 Å². The van der Waals surface area contributed by atoms with Gasteiger partial charge in [-0.3, -0.25) is 4.79 Å². The maximum absolute atomic E-state index is 11.6. The topological polar surface area (TPSA) is 130 Å². The van der Waals surface area contributed by atoms with Crippen molar-refractivity contribution in [1.82, 2.24) is 19.9 Å². The van der Waals surface area contributed by atoms with E-state index in [1.807, 2.05) is 34.0 Å². The number of carbonyl (C=O) groups is 1. The molecule has 0 radical (unpaired) electrons. The first-order valence-corrected chi connectivity index (χ1v) is 12.3. The van der Waals surface area contributed by atoms with Gasteiger partial charge in [0.25, 0.3) is 0 Å². The number of carbonyl (C=O) groups excluding carboxylic acids is 1. The van der Waals surface area contributed by atoms with Crippen LogP contribution >= 0.6 is 0 Å². The highest BCUT2D eigenvalue weighted by Crippen LogP contribution is 2.08. The van der Waals surface area contributed by atoms with E-state index < -0.39 is 5.60 Å². The minimum absolute atomic E-state index is 0.227. The van der Waals surface area contributed by atoms with E-state index in [0.29, 0.717) is 79.0 Å². The van der Waals surface area contributed by atoms with Crippen molar-refractivity contribution >= 4 is 5.97 Å². The van der Waals surface area contributed by atoms with Crippen LogP contribution in [0.5, 0.6) is 0 Å². The minimum atomic E-state index is -0.476. The molecular formula is C24H43N5O7. The van der Waals surface area contributed by atoms with Gasteiger partial charge in [-0.2, -0.15) is 5.26 Å². The fourth-order valence-corrected chi connectivity index (χ4v) is 2.73. The normalized spacial score (nSPS) is 11.7. The van der Waals surface area contributed by atoms with E-state index in [2.05, 4.69) is 21.3 Å². The number of nitriles is 1. The predicted molar refractivity (Wildman–Crippen MR) is 131 cm³/mol. The van der Waals surface area contributed by atoms with Crippen LogP contribution < -0.4 is 0 Å². The molecule has 0 aliphatic rings. The quantitative estimate of drug-likeness (QED) is 0.165. The number of ether oxygens (including phenoxy) is 6. The summed E-state index contributed by atoms with van der Waals surface area (Å²) in [7, 11) is 1.97. The number of hydrogen-bond acceptors (Lipinski definition) is 11. The maximum Gasteiger partial charge on any atom is 0.308 e. The number of aromatic nitrogens is 3. The molecule has 0 aliphatic heterocycles. The zero-order valence-electron chi connectivity index (χ0n) is 22.3. The largest absolute Gasteiger partial charge is 0.460 e. The van der Waals surface area contributed by atoms with E-state index in [9.17, 15) is 4.79 Å². The Morgan fingerprint density at radius 2 is 1.56 bits per heavy atom. The molecule has 206 valence electrons. The molecule has 1 aromatic rings. The van der Waals surface area contributed by atoms with Gasteiger partial charge in [0.15, 0.2) is 0 Å². The Hall–Kier alpha value is -2.14. The fourth-order valence-electron chi connectivity index (χ4n) is 2.73. The summed E-state index contributed by atoms with van der Waals surface area (Å²) in [6, 6.07) is 2.13. The predicted octanol–water partition coefficient (Wildman–Crippen LogP) is 1.44. The van der Waals surface area contributed by atoms with Crippen molar-refractivity contribution in [3.05, 3.63) is 11.9 Å². The van der Waals surface area contributed by atoms with E-state index in [4.69, 9.17) is 33.7 Å². The average Bonchev–Trinajstić information content (AvgIpc) is 3.27. The van der Waals surface area contributed by atoms with Gasteiger partial charge < -0.3 is 33.3 Å². The second-order valence-corrected chi connectivity index (χ2v) is 9.02. The molecule has 0 atom stereocenters. The molecule has 12 heteroatoms. The summed E-state index contributed by atoms with van der Waals surface area (Å²) >= 11 is 0. The van der Waals surface area contributed by atoms with Crippen molar-refractivity contribution in [1.29, 1.82) is 5.26 Å². The molecular weight excluding hydrogens is 470 g/mol. The lowest BCUT2D eigenvalue weighted by atomic mass is 10.2. The third-order valence-electron chi connectivity index (χ3n) is 4.51. The molecule has 12 nitrogen and oxygen atoms in total. The minimum Gasteiger partial charge on any atom is -0.460 e. The van der Waals surface area contributed by atoms with Gasteiger partial charge in [-0.05, 0) is 27.8 Å². The fraction of sp³-hybridized carbons (Fsp3) is 0.833. The van der Waals surface area contributed by atoms with Gasteiger partial charge in [0.05, 0.1) is 91.3 Å². The second kappa shape index (κ2) is 20.0. The highest BCUT2D eigenvalue weighted by molar-refractivity contribution is 5.69. The van der Waals surface area contributed by atoms with Crippen LogP contribution in [0.3, 0.4) is 0 Å². The van der Waals surface area contributed by atoms with Gasteiger partial charge >= 0.3 is 5.97 Å². The molecule has 0 unspecified atom stereocenters. The first-order chi connectivity index (χ1) is 17.3. The number of nitrogens with zero attached hydrogens (tertiary/aromatic N) is 5. The van der Waals surface area contributed by atoms with Crippen LogP contribution in [0.1, 0.15) is 39.3 Å². The Kier molecular flexibility index (Phi) is 17.7. The van der Waals surface area contributed by atoms with Crippen LogP contribution in [-0.4, -0.2) is 111 Å². The SMILES string of the molecule is CN(CCC#N)CCOCCOCCOCc1cn(CCOCCOCCC(=O)OC(C)(C)C)nn1.